The summed E-state index contributed by atoms with van der Waals surface area (Å²) in [6, 6.07) is 0. The maximum atomic E-state index is 12.7. The number of aromatic nitrogens is 1. The molecule has 0 bridgehead atoms. The number of esters is 1. The van der Waals surface area contributed by atoms with Crippen LogP contribution in [0.5, 0.6) is 0 Å². The first-order chi connectivity index (χ1) is 14.1. The zero-order chi connectivity index (χ0) is 21.3. The fourth-order valence-electron chi connectivity index (χ4n) is 3.18. The molecule has 1 amide bonds. The molecule has 0 atom stereocenters. The van der Waals surface area contributed by atoms with Crippen molar-refractivity contribution in [1.29, 1.82) is 0 Å². The van der Waals surface area contributed by atoms with E-state index in [4.69, 9.17) is 9.15 Å². The third-order valence-electron chi connectivity index (χ3n) is 4.90. The third-order valence-corrected chi connectivity index (χ3v) is 4.90. The average molecular weight is 411 g/mol. The van der Waals surface area contributed by atoms with Crippen LogP contribution in [0.1, 0.15) is 93.9 Å². The number of hydrogen-bond acceptors (Lipinski definition) is 6. The highest BCUT2D eigenvalue weighted by Crippen LogP contribution is 2.13. The molecule has 0 radical (unpaired) electrons. The molecule has 1 aromatic rings. The molecular formula is C22H38N2O5. The van der Waals surface area contributed by atoms with Crippen molar-refractivity contribution in [3.05, 3.63) is 17.8 Å². The fourth-order valence-corrected chi connectivity index (χ4v) is 3.18. The topological polar surface area (TPSA) is 81.9 Å². The van der Waals surface area contributed by atoms with Crippen molar-refractivity contribution >= 4 is 11.9 Å². The second-order valence-corrected chi connectivity index (χ2v) is 7.36. The van der Waals surface area contributed by atoms with Gasteiger partial charge in [-0.2, -0.15) is 0 Å². The normalized spacial score (nSPS) is 10.9. The molecule has 0 aliphatic carbocycles. The Bertz CT molecular complexity index is 573. The number of unbranched alkanes of at least 4 members (excludes halogenated alkanes) is 8. The third kappa shape index (κ3) is 11.0. The molecule has 0 aromatic carbocycles. The van der Waals surface area contributed by atoms with Gasteiger partial charge in [0.25, 0.3) is 0 Å². The minimum Gasteiger partial charge on any atom is -0.464 e. The van der Waals surface area contributed by atoms with E-state index >= 15 is 0 Å². The molecular weight excluding hydrogens is 372 g/mol. The molecule has 29 heavy (non-hydrogen) atoms. The largest absolute Gasteiger partial charge is 0.464 e. The van der Waals surface area contributed by atoms with E-state index in [1.807, 2.05) is 0 Å². The molecule has 7 nitrogen and oxygen atoms in total. The molecule has 0 saturated carbocycles. The Morgan fingerprint density at radius 3 is 2.28 bits per heavy atom. The summed E-state index contributed by atoms with van der Waals surface area (Å²) >= 11 is 0. The quantitative estimate of drug-likeness (QED) is 0.272. The summed E-state index contributed by atoms with van der Waals surface area (Å²) in [6.45, 7) is 3.63. The number of hydrogen-bond donors (Lipinski definition) is 0. The van der Waals surface area contributed by atoms with Crippen LogP contribution in [-0.2, 0) is 20.8 Å². The number of ether oxygens (including phenoxy) is 2. The van der Waals surface area contributed by atoms with E-state index in [1.165, 1.54) is 58.3 Å². The Morgan fingerprint density at radius 1 is 1.00 bits per heavy atom. The summed E-state index contributed by atoms with van der Waals surface area (Å²) in [6.07, 6.45) is 13.5. The molecule has 1 heterocycles. The van der Waals surface area contributed by atoms with Gasteiger partial charge in [0.2, 0.25) is 11.8 Å². The van der Waals surface area contributed by atoms with Gasteiger partial charge >= 0.3 is 5.97 Å². The summed E-state index contributed by atoms with van der Waals surface area (Å²) < 4.78 is 15.1. The summed E-state index contributed by atoms with van der Waals surface area (Å²) in [5, 5.41) is 0. The smallest absolute Gasteiger partial charge is 0.360 e. The van der Waals surface area contributed by atoms with Gasteiger partial charge in [0.15, 0.2) is 5.69 Å². The Hall–Kier alpha value is -1.89. The van der Waals surface area contributed by atoms with Crippen molar-refractivity contribution < 1.29 is 23.5 Å². The molecule has 1 rings (SSSR count). The first-order valence-corrected chi connectivity index (χ1v) is 10.9. The van der Waals surface area contributed by atoms with Gasteiger partial charge in [0.05, 0.1) is 13.7 Å². The van der Waals surface area contributed by atoms with E-state index in [1.54, 1.807) is 12.0 Å². The molecule has 7 heteroatoms. The number of oxazole rings is 1. The van der Waals surface area contributed by atoms with Crippen molar-refractivity contribution in [2.24, 2.45) is 0 Å². The average Bonchev–Trinajstić information content (AvgIpc) is 3.20. The van der Waals surface area contributed by atoms with E-state index < -0.39 is 5.97 Å². The van der Waals surface area contributed by atoms with Crippen LogP contribution in [0.3, 0.4) is 0 Å². The summed E-state index contributed by atoms with van der Waals surface area (Å²) in [5.41, 5.74) is 0.116. The molecule has 0 saturated heterocycles. The lowest BCUT2D eigenvalue weighted by molar-refractivity contribution is -0.132. The van der Waals surface area contributed by atoms with Crippen molar-refractivity contribution in [1.82, 2.24) is 9.88 Å². The van der Waals surface area contributed by atoms with Gasteiger partial charge < -0.3 is 18.8 Å². The van der Waals surface area contributed by atoms with Gasteiger partial charge in [-0.1, -0.05) is 58.3 Å². The SMILES string of the molecule is CCCCCCCCCCCC(=O)N(CCCOC)Cc1nc(C(=O)OC)co1. The lowest BCUT2D eigenvalue weighted by Crippen LogP contribution is -2.32. The molecule has 0 unspecified atom stereocenters. The van der Waals surface area contributed by atoms with Crippen LogP contribution in [0.2, 0.25) is 0 Å². The zero-order valence-corrected chi connectivity index (χ0v) is 18.4. The molecule has 0 aliphatic heterocycles. The van der Waals surface area contributed by atoms with E-state index in [0.717, 1.165) is 19.3 Å². The second kappa shape index (κ2) is 16.0. The highest BCUT2D eigenvalue weighted by molar-refractivity contribution is 5.86. The van der Waals surface area contributed by atoms with E-state index in [-0.39, 0.29) is 18.1 Å². The number of rotatable bonds is 17. The van der Waals surface area contributed by atoms with Crippen molar-refractivity contribution in [2.75, 3.05) is 27.4 Å². The van der Waals surface area contributed by atoms with Crippen LogP contribution < -0.4 is 0 Å². The minimum absolute atomic E-state index is 0.0851. The van der Waals surface area contributed by atoms with Crippen molar-refractivity contribution in [3.8, 4) is 0 Å². The van der Waals surface area contributed by atoms with Gasteiger partial charge in [-0.05, 0) is 12.8 Å². The molecule has 0 aliphatic rings. The lowest BCUT2D eigenvalue weighted by atomic mass is 10.1. The zero-order valence-electron chi connectivity index (χ0n) is 18.4. The van der Waals surface area contributed by atoms with Crippen LogP contribution in [0.15, 0.2) is 10.7 Å². The standard InChI is InChI=1S/C22H38N2O5/c1-4-5-6-7-8-9-10-11-12-14-21(25)24(15-13-16-27-2)17-20-23-19(18-29-20)22(26)28-3/h18H,4-17H2,1-3H3. The van der Waals surface area contributed by atoms with Crippen LogP contribution in [-0.4, -0.2) is 49.1 Å². The van der Waals surface area contributed by atoms with Gasteiger partial charge in [0.1, 0.15) is 6.26 Å². The second-order valence-electron chi connectivity index (χ2n) is 7.36. The summed E-state index contributed by atoms with van der Waals surface area (Å²) in [4.78, 5) is 30.0. The number of nitrogens with zero attached hydrogens (tertiary/aromatic N) is 2. The molecule has 0 spiro atoms. The van der Waals surface area contributed by atoms with Crippen molar-refractivity contribution in [2.45, 2.75) is 84.1 Å². The van der Waals surface area contributed by atoms with Crippen LogP contribution in [0.25, 0.3) is 0 Å². The predicted octanol–water partition coefficient (Wildman–Crippen LogP) is 4.75. The van der Waals surface area contributed by atoms with Crippen LogP contribution >= 0.6 is 0 Å². The monoisotopic (exact) mass is 410 g/mol. The van der Waals surface area contributed by atoms with Crippen LogP contribution in [0, 0.1) is 0 Å². The molecule has 1 aromatic heterocycles. The summed E-state index contributed by atoms with van der Waals surface area (Å²) in [7, 11) is 2.94. The highest BCUT2D eigenvalue weighted by atomic mass is 16.5. The summed E-state index contributed by atoms with van der Waals surface area (Å²) in [5.74, 6) is -0.128. The Labute approximate surface area is 175 Å². The Morgan fingerprint density at radius 2 is 1.66 bits per heavy atom. The maximum absolute atomic E-state index is 12.7. The molecule has 0 N–H and O–H groups in total. The number of methoxy groups -OCH3 is 2. The highest BCUT2D eigenvalue weighted by Gasteiger charge is 2.18. The molecule has 0 fully saturated rings. The van der Waals surface area contributed by atoms with E-state index in [9.17, 15) is 9.59 Å². The van der Waals surface area contributed by atoms with Crippen molar-refractivity contribution in [3.63, 3.8) is 0 Å². The fraction of sp³-hybridized carbons (Fsp3) is 0.773. The predicted molar refractivity (Wildman–Crippen MR) is 112 cm³/mol. The minimum atomic E-state index is -0.549. The van der Waals surface area contributed by atoms with Gasteiger partial charge in [-0.3, -0.25) is 4.79 Å². The maximum Gasteiger partial charge on any atom is 0.360 e. The number of carbonyl (C=O) groups excluding carboxylic acids is 2. The Kier molecular flexibility index (Phi) is 13.8. The van der Waals surface area contributed by atoms with E-state index in [0.29, 0.717) is 25.5 Å². The lowest BCUT2D eigenvalue weighted by Gasteiger charge is -2.21. The Balaban J connectivity index is 2.38. The first-order valence-electron chi connectivity index (χ1n) is 10.9. The van der Waals surface area contributed by atoms with Crippen LogP contribution in [0.4, 0.5) is 0 Å². The number of amides is 1. The van der Waals surface area contributed by atoms with E-state index in [2.05, 4.69) is 16.6 Å². The van der Waals surface area contributed by atoms with Gasteiger partial charge in [0, 0.05) is 26.7 Å². The first kappa shape index (κ1) is 25.1. The van der Waals surface area contributed by atoms with Gasteiger partial charge in [-0.15, -0.1) is 0 Å². The molecule has 166 valence electrons. The number of carbonyl (C=O) groups is 2. The van der Waals surface area contributed by atoms with Gasteiger partial charge in [-0.25, -0.2) is 9.78 Å².